The fraction of sp³-hybridized carbons (Fsp3) is 0.357. The molecule has 2 aromatic rings. The molecule has 1 N–H and O–H groups in total. The van der Waals surface area contributed by atoms with Crippen molar-refractivity contribution in [3.8, 4) is 0 Å². The highest BCUT2D eigenvalue weighted by Gasteiger charge is 2.27. The largest absolute Gasteiger partial charge is 0.381 e. The normalized spacial score (nSPS) is 18.1. The number of anilines is 1. The summed E-state index contributed by atoms with van der Waals surface area (Å²) >= 11 is 0. The molecular formula is C14H16N2O. The quantitative estimate of drug-likeness (QED) is 0.876. The van der Waals surface area contributed by atoms with Crippen molar-refractivity contribution < 1.29 is 4.52 Å². The predicted molar refractivity (Wildman–Crippen MR) is 67.3 cm³/mol. The molecule has 3 rings (SSSR count). The second-order valence-electron chi connectivity index (χ2n) is 4.43. The summed E-state index contributed by atoms with van der Waals surface area (Å²) < 4.78 is 5.11. The van der Waals surface area contributed by atoms with Gasteiger partial charge in [0.1, 0.15) is 12.0 Å². The van der Waals surface area contributed by atoms with Crippen molar-refractivity contribution in [3.63, 3.8) is 0 Å². The first kappa shape index (κ1) is 10.4. The fourth-order valence-electron chi connectivity index (χ4n) is 2.66. The molecule has 0 fully saturated rings. The second kappa shape index (κ2) is 4.24. The molecule has 1 aliphatic rings. The van der Waals surface area contributed by atoms with Crippen LogP contribution in [-0.4, -0.2) is 11.7 Å². The highest BCUT2D eigenvalue weighted by Crippen LogP contribution is 2.39. The van der Waals surface area contributed by atoms with Gasteiger partial charge in [0.15, 0.2) is 0 Å². The van der Waals surface area contributed by atoms with Gasteiger partial charge in [-0.3, -0.25) is 0 Å². The third-order valence-corrected chi connectivity index (χ3v) is 3.43. The summed E-state index contributed by atoms with van der Waals surface area (Å²) in [6.45, 7) is 2.97. The number of nitrogens with one attached hydrogen (secondary N) is 1. The lowest BCUT2D eigenvalue weighted by Gasteiger charge is -2.10. The minimum absolute atomic E-state index is 0.388. The lowest BCUT2D eigenvalue weighted by Crippen LogP contribution is -2.03. The summed E-state index contributed by atoms with van der Waals surface area (Å²) in [7, 11) is 0. The molecule has 1 heterocycles. The van der Waals surface area contributed by atoms with Gasteiger partial charge in [-0.15, -0.1) is 0 Å². The van der Waals surface area contributed by atoms with Crippen LogP contribution in [0.4, 0.5) is 5.69 Å². The molecule has 0 bridgehead atoms. The minimum atomic E-state index is 0.388. The molecule has 0 amide bonds. The van der Waals surface area contributed by atoms with Gasteiger partial charge < -0.3 is 9.84 Å². The molecular weight excluding hydrogens is 212 g/mol. The molecule has 1 aromatic heterocycles. The zero-order chi connectivity index (χ0) is 11.7. The number of hydrogen-bond acceptors (Lipinski definition) is 3. The van der Waals surface area contributed by atoms with E-state index in [1.807, 2.05) is 0 Å². The Morgan fingerprint density at radius 3 is 3.18 bits per heavy atom. The standard InChI is InChI=1S/C14H16N2O/c1-2-15-13-9-17-16-14(13)12-8-7-10-5-3-4-6-11(10)12/h3-6,9,12,15H,2,7-8H2,1H3. The topological polar surface area (TPSA) is 38.1 Å². The van der Waals surface area contributed by atoms with Crippen LogP contribution in [0.1, 0.15) is 36.1 Å². The SMILES string of the molecule is CCNc1conc1C1CCc2ccccc21. The maximum atomic E-state index is 5.11. The number of rotatable bonds is 3. The van der Waals surface area contributed by atoms with Crippen LogP contribution >= 0.6 is 0 Å². The fourth-order valence-corrected chi connectivity index (χ4v) is 2.66. The summed E-state index contributed by atoms with van der Waals surface area (Å²) in [6.07, 6.45) is 3.98. The molecule has 0 saturated carbocycles. The summed E-state index contributed by atoms with van der Waals surface area (Å²) in [6, 6.07) is 8.62. The van der Waals surface area contributed by atoms with Crippen LogP contribution in [0.5, 0.6) is 0 Å². The number of hydrogen-bond donors (Lipinski definition) is 1. The van der Waals surface area contributed by atoms with Gasteiger partial charge in [-0.25, -0.2) is 0 Å². The zero-order valence-electron chi connectivity index (χ0n) is 9.94. The molecule has 88 valence electrons. The lowest BCUT2D eigenvalue weighted by atomic mass is 9.97. The van der Waals surface area contributed by atoms with Crippen LogP contribution in [0.2, 0.25) is 0 Å². The van der Waals surface area contributed by atoms with E-state index in [9.17, 15) is 0 Å². The van der Waals surface area contributed by atoms with Gasteiger partial charge in [0.05, 0.1) is 5.69 Å². The van der Waals surface area contributed by atoms with Gasteiger partial charge in [0.2, 0.25) is 0 Å². The highest BCUT2D eigenvalue weighted by molar-refractivity contribution is 5.52. The molecule has 0 radical (unpaired) electrons. The smallest absolute Gasteiger partial charge is 0.147 e. The number of aryl methyl sites for hydroxylation is 1. The van der Waals surface area contributed by atoms with Crippen LogP contribution < -0.4 is 5.32 Å². The van der Waals surface area contributed by atoms with E-state index in [4.69, 9.17) is 4.52 Å². The van der Waals surface area contributed by atoms with E-state index in [2.05, 4.69) is 41.7 Å². The molecule has 1 aromatic carbocycles. The van der Waals surface area contributed by atoms with Gasteiger partial charge in [-0.05, 0) is 30.9 Å². The van der Waals surface area contributed by atoms with E-state index in [1.165, 1.54) is 11.1 Å². The third kappa shape index (κ3) is 1.71. The number of fused-ring (bicyclic) bond motifs is 1. The molecule has 1 unspecified atom stereocenters. The molecule has 1 aliphatic carbocycles. The van der Waals surface area contributed by atoms with Crippen LogP contribution in [0.25, 0.3) is 0 Å². The minimum Gasteiger partial charge on any atom is -0.381 e. The molecule has 17 heavy (non-hydrogen) atoms. The van der Waals surface area contributed by atoms with E-state index in [0.29, 0.717) is 5.92 Å². The van der Waals surface area contributed by atoms with Gasteiger partial charge in [0, 0.05) is 12.5 Å². The monoisotopic (exact) mass is 228 g/mol. The van der Waals surface area contributed by atoms with Crippen molar-refractivity contribution in [1.82, 2.24) is 5.16 Å². The van der Waals surface area contributed by atoms with E-state index in [1.54, 1.807) is 6.26 Å². The van der Waals surface area contributed by atoms with Gasteiger partial charge in [-0.2, -0.15) is 0 Å². The molecule has 0 spiro atoms. The number of benzene rings is 1. The highest BCUT2D eigenvalue weighted by atomic mass is 16.5. The van der Waals surface area contributed by atoms with Crippen molar-refractivity contribution >= 4 is 5.69 Å². The second-order valence-corrected chi connectivity index (χ2v) is 4.43. The van der Waals surface area contributed by atoms with E-state index < -0.39 is 0 Å². The Labute approximate surface area is 101 Å². The average Bonchev–Trinajstić information content (AvgIpc) is 2.95. The van der Waals surface area contributed by atoms with Crippen molar-refractivity contribution in [2.75, 3.05) is 11.9 Å². The van der Waals surface area contributed by atoms with E-state index in [-0.39, 0.29) is 0 Å². The summed E-state index contributed by atoms with van der Waals surface area (Å²) in [4.78, 5) is 0. The predicted octanol–water partition coefficient (Wildman–Crippen LogP) is 3.18. The van der Waals surface area contributed by atoms with Crippen LogP contribution in [0.15, 0.2) is 35.1 Å². The lowest BCUT2D eigenvalue weighted by molar-refractivity contribution is 0.408. The van der Waals surface area contributed by atoms with Crippen LogP contribution in [0.3, 0.4) is 0 Å². The van der Waals surface area contributed by atoms with Crippen molar-refractivity contribution in [2.45, 2.75) is 25.7 Å². The molecule has 3 heteroatoms. The Bertz CT molecular complexity index is 518. The van der Waals surface area contributed by atoms with Crippen LogP contribution in [0, 0.1) is 0 Å². The Kier molecular flexibility index (Phi) is 2.59. The molecule has 0 aliphatic heterocycles. The van der Waals surface area contributed by atoms with Crippen molar-refractivity contribution in [3.05, 3.63) is 47.3 Å². The Balaban J connectivity index is 1.98. The van der Waals surface area contributed by atoms with Crippen molar-refractivity contribution in [2.24, 2.45) is 0 Å². The Morgan fingerprint density at radius 1 is 1.41 bits per heavy atom. The molecule has 3 nitrogen and oxygen atoms in total. The van der Waals surface area contributed by atoms with E-state index in [0.717, 1.165) is 30.8 Å². The third-order valence-electron chi connectivity index (χ3n) is 3.43. The van der Waals surface area contributed by atoms with Crippen LogP contribution in [-0.2, 0) is 6.42 Å². The maximum Gasteiger partial charge on any atom is 0.147 e. The molecule has 1 atom stereocenters. The van der Waals surface area contributed by atoms with Gasteiger partial charge >= 0.3 is 0 Å². The first-order chi connectivity index (χ1) is 8.40. The summed E-state index contributed by atoms with van der Waals surface area (Å²) in [5, 5.41) is 7.49. The zero-order valence-corrected chi connectivity index (χ0v) is 9.94. The van der Waals surface area contributed by atoms with E-state index >= 15 is 0 Å². The number of nitrogens with zero attached hydrogens (tertiary/aromatic N) is 1. The first-order valence-corrected chi connectivity index (χ1v) is 6.16. The summed E-state index contributed by atoms with van der Waals surface area (Å²) in [5.41, 5.74) is 4.94. The van der Waals surface area contributed by atoms with Crippen molar-refractivity contribution in [1.29, 1.82) is 0 Å². The van der Waals surface area contributed by atoms with Gasteiger partial charge in [0.25, 0.3) is 0 Å². The number of aromatic nitrogens is 1. The van der Waals surface area contributed by atoms with Gasteiger partial charge in [-0.1, -0.05) is 29.4 Å². The molecule has 0 saturated heterocycles. The maximum absolute atomic E-state index is 5.11. The Hall–Kier alpha value is -1.77. The Morgan fingerprint density at radius 2 is 2.29 bits per heavy atom. The average molecular weight is 228 g/mol. The summed E-state index contributed by atoms with van der Waals surface area (Å²) in [5.74, 6) is 0.388. The first-order valence-electron chi connectivity index (χ1n) is 6.16.